The summed E-state index contributed by atoms with van der Waals surface area (Å²) in [5.74, 6) is -0.476. The smallest absolute Gasteiger partial charge is 0.290 e. The summed E-state index contributed by atoms with van der Waals surface area (Å²) in [6.45, 7) is 1.74. The summed E-state index contributed by atoms with van der Waals surface area (Å²) >= 11 is 0.790. The zero-order chi connectivity index (χ0) is 15.0. The molecular weight excluding hydrogens is 290 g/mol. The van der Waals surface area contributed by atoms with Crippen LogP contribution in [-0.4, -0.2) is 20.9 Å². The number of thioether (sulfide) groups is 1. The molecule has 1 aliphatic rings. The average molecular weight is 301 g/mol. The molecule has 1 saturated heterocycles. The number of H-pyrrole nitrogens is 1. The highest BCUT2D eigenvalue weighted by atomic mass is 32.2. The number of amides is 2. The normalized spacial score (nSPS) is 16.5. The van der Waals surface area contributed by atoms with E-state index < -0.39 is 11.1 Å². The molecule has 3 rings (SSSR count). The number of rotatable bonds is 2. The highest BCUT2D eigenvalue weighted by molar-refractivity contribution is 8.18. The van der Waals surface area contributed by atoms with Crippen molar-refractivity contribution in [2.45, 2.75) is 6.92 Å². The molecule has 0 unspecified atom stereocenters. The summed E-state index contributed by atoms with van der Waals surface area (Å²) in [5.41, 5.74) is 1.43. The second kappa shape index (κ2) is 5.10. The van der Waals surface area contributed by atoms with Crippen LogP contribution in [0.1, 0.15) is 11.3 Å². The number of nitrogens with one attached hydrogen (secondary N) is 2. The number of aryl methyl sites for hydroxylation is 1. The highest BCUT2D eigenvalue weighted by Gasteiger charge is 2.26. The number of nitrogens with zero attached hydrogens (tertiary/aromatic N) is 1. The summed E-state index contributed by atoms with van der Waals surface area (Å²) < 4.78 is 1.40. The van der Waals surface area contributed by atoms with E-state index in [-0.39, 0.29) is 10.5 Å². The Morgan fingerprint density at radius 2 is 1.86 bits per heavy atom. The Hall–Kier alpha value is -2.54. The second-order valence-electron chi connectivity index (χ2n) is 4.48. The number of hydrogen-bond acceptors (Lipinski definition) is 4. The molecule has 0 aliphatic carbocycles. The van der Waals surface area contributed by atoms with Crippen LogP contribution in [0.15, 0.2) is 40.0 Å². The van der Waals surface area contributed by atoms with E-state index in [1.165, 1.54) is 10.8 Å². The van der Waals surface area contributed by atoms with Crippen LogP contribution in [-0.2, 0) is 4.79 Å². The van der Waals surface area contributed by atoms with Crippen molar-refractivity contribution in [3.8, 4) is 5.69 Å². The number of hydrogen-bond donors (Lipinski definition) is 2. The Balaban J connectivity index is 2.08. The van der Waals surface area contributed by atoms with Crippen molar-refractivity contribution in [1.82, 2.24) is 15.1 Å². The van der Waals surface area contributed by atoms with Gasteiger partial charge in [-0.05, 0) is 36.9 Å². The second-order valence-corrected chi connectivity index (χ2v) is 5.49. The van der Waals surface area contributed by atoms with Crippen LogP contribution in [0.3, 0.4) is 0 Å². The van der Waals surface area contributed by atoms with E-state index in [9.17, 15) is 14.4 Å². The molecule has 2 N–H and O–H groups in total. The molecule has 1 aromatic carbocycles. The predicted molar refractivity (Wildman–Crippen MR) is 80.2 cm³/mol. The van der Waals surface area contributed by atoms with E-state index in [0.29, 0.717) is 16.9 Å². The van der Waals surface area contributed by atoms with Crippen molar-refractivity contribution in [2.75, 3.05) is 0 Å². The van der Waals surface area contributed by atoms with Gasteiger partial charge in [0.2, 0.25) is 0 Å². The van der Waals surface area contributed by atoms with Crippen molar-refractivity contribution < 1.29 is 9.59 Å². The summed E-state index contributed by atoms with van der Waals surface area (Å²) in [6, 6.07) is 9.12. The molecule has 2 heterocycles. The van der Waals surface area contributed by atoms with Gasteiger partial charge in [0.05, 0.1) is 16.2 Å². The first-order valence-corrected chi connectivity index (χ1v) is 7.00. The zero-order valence-electron chi connectivity index (χ0n) is 11.0. The quantitative estimate of drug-likeness (QED) is 0.828. The van der Waals surface area contributed by atoms with Crippen LogP contribution >= 0.6 is 11.8 Å². The number of aromatic nitrogens is 2. The number of benzene rings is 1. The average Bonchev–Trinajstić information content (AvgIpc) is 2.93. The Morgan fingerprint density at radius 3 is 2.48 bits per heavy atom. The molecule has 106 valence electrons. The van der Waals surface area contributed by atoms with Crippen LogP contribution in [0.4, 0.5) is 4.79 Å². The third kappa shape index (κ3) is 2.43. The van der Waals surface area contributed by atoms with Crippen LogP contribution < -0.4 is 10.9 Å². The van der Waals surface area contributed by atoms with Gasteiger partial charge in [-0.15, -0.1) is 0 Å². The predicted octanol–water partition coefficient (Wildman–Crippen LogP) is 1.80. The van der Waals surface area contributed by atoms with Crippen molar-refractivity contribution in [3.05, 3.63) is 56.8 Å². The van der Waals surface area contributed by atoms with E-state index in [2.05, 4.69) is 10.4 Å². The van der Waals surface area contributed by atoms with Gasteiger partial charge in [0, 0.05) is 5.69 Å². The monoisotopic (exact) mass is 301 g/mol. The molecule has 7 heteroatoms. The molecule has 2 amide bonds. The maximum atomic E-state index is 12.4. The van der Waals surface area contributed by atoms with Gasteiger partial charge in [0.15, 0.2) is 0 Å². The van der Waals surface area contributed by atoms with Gasteiger partial charge in [0.25, 0.3) is 16.7 Å². The molecule has 0 saturated carbocycles. The first-order valence-electron chi connectivity index (χ1n) is 6.18. The van der Waals surface area contributed by atoms with Gasteiger partial charge in [-0.1, -0.05) is 18.2 Å². The van der Waals surface area contributed by atoms with Gasteiger partial charge < -0.3 is 0 Å². The van der Waals surface area contributed by atoms with E-state index in [1.54, 1.807) is 19.1 Å². The molecule has 2 aromatic rings. The minimum atomic E-state index is -0.476. The molecule has 0 radical (unpaired) electrons. The van der Waals surface area contributed by atoms with E-state index in [4.69, 9.17) is 0 Å². The van der Waals surface area contributed by atoms with Gasteiger partial charge in [0.1, 0.15) is 0 Å². The maximum Gasteiger partial charge on any atom is 0.290 e. The molecule has 0 atom stereocenters. The van der Waals surface area contributed by atoms with Crippen LogP contribution in [0.25, 0.3) is 11.8 Å². The lowest BCUT2D eigenvalue weighted by molar-refractivity contribution is -0.115. The summed E-state index contributed by atoms with van der Waals surface area (Å²) in [7, 11) is 0. The lowest BCUT2D eigenvalue weighted by Crippen LogP contribution is -2.18. The van der Waals surface area contributed by atoms with Gasteiger partial charge in [-0.25, -0.2) is 4.68 Å². The number of carbonyl (C=O) groups excluding carboxylic acids is 2. The largest absolute Gasteiger partial charge is 0.295 e. The fourth-order valence-electron chi connectivity index (χ4n) is 2.04. The Kier molecular flexibility index (Phi) is 3.26. The van der Waals surface area contributed by atoms with Gasteiger partial charge >= 0.3 is 0 Å². The Morgan fingerprint density at radius 1 is 1.14 bits per heavy atom. The third-order valence-corrected chi connectivity index (χ3v) is 3.86. The molecule has 1 aromatic heterocycles. The molecule has 6 nitrogen and oxygen atoms in total. The van der Waals surface area contributed by atoms with E-state index in [0.717, 1.165) is 11.8 Å². The zero-order valence-corrected chi connectivity index (χ0v) is 11.9. The van der Waals surface area contributed by atoms with Crippen LogP contribution in [0.2, 0.25) is 0 Å². The summed E-state index contributed by atoms with van der Waals surface area (Å²) in [5, 5.41) is 4.70. The molecule has 0 spiro atoms. The first-order chi connectivity index (χ1) is 10.1. The number of para-hydroxylation sites is 1. The van der Waals surface area contributed by atoms with Crippen molar-refractivity contribution in [3.63, 3.8) is 0 Å². The number of carbonyl (C=O) groups is 2. The molecule has 1 aliphatic heterocycles. The van der Waals surface area contributed by atoms with Crippen molar-refractivity contribution >= 4 is 29.0 Å². The maximum absolute atomic E-state index is 12.4. The fourth-order valence-corrected chi connectivity index (χ4v) is 2.70. The van der Waals surface area contributed by atoms with Crippen molar-refractivity contribution in [1.29, 1.82) is 0 Å². The van der Waals surface area contributed by atoms with Gasteiger partial charge in [-0.2, -0.15) is 0 Å². The van der Waals surface area contributed by atoms with Crippen LogP contribution in [0, 0.1) is 6.92 Å². The highest BCUT2D eigenvalue weighted by Crippen LogP contribution is 2.25. The third-order valence-electron chi connectivity index (χ3n) is 3.05. The molecular formula is C14H11N3O3S. The molecule has 1 fully saturated rings. The minimum absolute atomic E-state index is 0.222. The van der Waals surface area contributed by atoms with E-state index in [1.807, 2.05) is 18.2 Å². The number of aromatic amines is 1. The van der Waals surface area contributed by atoms with Crippen molar-refractivity contribution in [2.24, 2.45) is 0 Å². The summed E-state index contributed by atoms with van der Waals surface area (Å²) in [6.07, 6.45) is 1.44. The Labute approximate surface area is 123 Å². The standard InChI is InChI=1S/C14H11N3O3S/c1-8-10(7-11-12(18)15-14(20)21-11)13(19)17(16-8)9-5-3-2-4-6-9/h2-7,16H,1H3,(H,15,18,20)/b11-7+. The van der Waals surface area contributed by atoms with E-state index >= 15 is 0 Å². The minimum Gasteiger partial charge on any atom is -0.295 e. The molecule has 0 bridgehead atoms. The van der Waals surface area contributed by atoms with Gasteiger partial charge in [-0.3, -0.25) is 24.8 Å². The number of imide groups is 1. The Bertz CT molecular complexity index is 818. The lowest BCUT2D eigenvalue weighted by Gasteiger charge is -1.99. The summed E-state index contributed by atoms with van der Waals surface area (Å²) in [4.78, 5) is 35.3. The lowest BCUT2D eigenvalue weighted by atomic mass is 10.2. The first kappa shape index (κ1) is 13.4. The SMILES string of the molecule is Cc1[nH]n(-c2ccccc2)c(=O)c1/C=C1/SC(=O)NC1=O. The van der Waals surface area contributed by atoms with Crippen LogP contribution in [0.5, 0.6) is 0 Å². The molecule has 21 heavy (non-hydrogen) atoms. The topological polar surface area (TPSA) is 84.0 Å². The fraction of sp³-hybridized carbons (Fsp3) is 0.0714.